The zero-order valence-electron chi connectivity index (χ0n) is 23.1. The number of nitrogens with zero attached hydrogens (tertiary/aromatic N) is 6. The molecular formula is C30H37N7O2. The first kappa shape index (κ1) is 25.6. The Balaban J connectivity index is 1.38. The van der Waals surface area contributed by atoms with Crippen LogP contribution in [0.5, 0.6) is 5.75 Å². The van der Waals surface area contributed by atoms with Gasteiger partial charge in [0.1, 0.15) is 11.8 Å². The number of ether oxygens (including phenoxy) is 1. The highest BCUT2D eigenvalue weighted by atomic mass is 16.5. The summed E-state index contributed by atoms with van der Waals surface area (Å²) in [5, 5.41) is 14.3. The van der Waals surface area contributed by atoms with Crippen molar-refractivity contribution in [2.24, 2.45) is 0 Å². The number of pyridine rings is 1. The fraction of sp³-hybridized carbons (Fsp3) is 0.467. The molecule has 204 valence electrons. The Morgan fingerprint density at radius 3 is 2.38 bits per heavy atom. The summed E-state index contributed by atoms with van der Waals surface area (Å²) in [5.41, 5.74) is 4.92. The monoisotopic (exact) mass is 527 g/mol. The number of anilines is 1. The zero-order valence-corrected chi connectivity index (χ0v) is 23.1. The molecule has 2 aliphatic rings. The second kappa shape index (κ2) is 10.8. The van der Waals surface area contributed by atoms with Crippen LogP contribution in [0.15, 0.2) is 47.3 Å². The van der Waals surface area contributed by atoms with Gasteiger partial charge in [0.15, 0.2) is 5.82 Å². The second-order valence-electron chi connectivity index (χ2n) is 10.9. The first-order valence-electron chi connectivity index (χ1n) is 14.1. The number of hydrogen-bond acceptors (Lipinski definition) is 7. The Kier molecular flexibility index (Phi) is 7.08. The van der Waals surface area contributed by atoms with Crippen LogP contribution in [0.25, 0.3) is 10.9 Å². The number of aryl methyl sites for hydroxylation is 2. The molecule has 0 amide bonds. The number of aromatic amines is 1. The number of fused-ring (bicyclic) bond motifs is 1. The third-order valence-electron chi connectivity index (χ3n) is 8.57. The minimum absolute atomic E-state index is 0.0722. The fourth-order valence-electron chi connectivity index (χ4n) is 6.29. The van der Waals surface area contributed by atoms with E-state index in [0.717, 1.165) is 72.6 Å². The first-order valence-corrected chi connectivity index (χ1v) is 14.1. The molecule has 2 aromatic heterocycles. The summed E-state index contributed by atoms with van der Waals surface area (Å²) in [6, 6.07) is 14.4. The van der Waals surface area contributed by atoms with Crippen LogP contribution in [0.2, 0.25) is 0 Å². The van der Waals surface area contributed by atoms with Crippen molar-refractivity contribution >= 4 is 16.6 Å². The van der Waals surface area contributed by atoms with Gasteiger partial charge in [-0.15, -0.1) is 5.10 Å². The molecule has 0 radical (unpaired) electrons. The van der Waals surface area contributed by atoms with Crippen molar-refractivity contribution < 1.29 is 4.74 Å². The van der Waals surface area contributed by atoms with Crippen molar-refractivity contribution in [3.63, 3.8) is 0 Å². The van der Waals surface area contributed by atoms with Gasteiger partial charge >= 0.3 is 0 Å². The van der Waals surface area contributed by atoms with Gasteiger partial charge in [0.2, 0.25) is 0 Å². The molecule has 1 aliphatic heterocycles. The van der Waals surface area contributed by atoms with Crippen LogP contribution in [0.3, 0.4) is 0 Å². The van der Waals surface area contributed by atoms with Crippen LogP contribution in [0.4, 0.5) is 5.69 Å². The predicted molar refractivity (Wildman–Crippen MR) is 153 cm³/mol. The summed E-state index contributed by atoms with van der Waals surface area (Å²) in [6.07, 6.45) is 5.77. The number of rotatable bonds is 6. The van der Waals surface area contributed by atoms with E-state index in [1.807, 2.05) is 23.7 Å². The maximum atomic E-state index is 13.7. The maximum Gasteiger partial charge on any atom is 0.253 e. The molecule has 0 unspecified atom stereocenters. The molecule has 2 aromatic carbocycles. The summed E-state index contributed by atoms with van der Waals surface area (Å²) in [5.74, 6) is 1.63. The quantitative estimate of drug-likeness (QED) is 0.393. The van der Waals surface area contributed by atoms with Crippen molar-refractivity contribution in [2.45, 2.75) is 58.0 Å². The van der Waals surface area contributed by atoms with Crippen molar-refractivity contribution in [3.05, 3.63) is 75.3 Å². The number of hydrogen-bond donors (Lipinski definition) is 1. The summed E-state index contributed by atoms with van der Waals surface area (Å²) < 4.78 is 7.35. The number of benzene rings is 2. The molecule has 1 saturated heterocycles. The van der Waals surface area contributed by atoms with Gasteiger partial charge in [0.05, 0.1) is 18.7 Å². The average molecular weight is 528 g/mol. The van der Waals surface area contributed by atoms with Crippen LogP contribution >= 0.6 is 0 Å². The summed E-state index contributed by atoms with van der Waals surface area (Å²) >= 11 is 0. The number of piperazine rings is 1. The molecule has 0 bridgehead atoms. The molecule has 39 heavy (non-hydrogen) atoms. The second-order valence-corrected chi connectivity index (χ2v) is 10.9. The lowest BCUT2D eigenvalue weighted by Gasteiger charge is -2.40. The molecule has 1 N–H and O–H groups in total. The van der Waals surface area contributed by atoms with E-state index in [9.17, 15) is 4.79 Å². The van der Waals surface area contributed by atoms with Gasteiger partial charge < -0.3 is 14.6 Å². The van der Waals surface area contributed by atoms with E-state index in [2.05, 4.69) is 67.6 Å². The van der Waals surface area contributed by atoms with Gasteiger partial charge in [0, 0.05) is 42.8 Å². The summed E-state index contributed by atoms with van der Waals surface area (Å²) in [6.45, 7) is 7.40. The lowest BCUT2D eigenvalue weighted by Crippen LogP contribution is -2.49. The fourth-order valence-corrected chi connectivity index (χ4v) is 6.29. The van der Waals surface area contributed by atoms with Crippen LogP contribution < -0.4 is 15.2 Å². The molecular weight excluding hydrogens is 490 g/mol. The highest BCUT2D eigenvalue weighted by molar-refractivity contribution is 5.85. The number of nitrogens with one attached hydrogen (secondary N) is 1. The van der Waals surface area contributed by atoms with Crippen LogP contribution in [0, 0.1) is 13.8 Å². The van der Waals surface area contributed by atoms with Crippen LogP contribution in [-0.4, -0.2) is 63.4 Å². The van der Waals surface area contributed by atoms with E-state index in [-0.39, 0.29) is 17.6 Å². The Morgan fingerprint density at radius 1 is 0.949 bits per heavy atom. The molecule has 1 atom stereocenters. The molecule has 2 fully saturated rings. The van der Waals surface area contributed by atoms with E-state index in [1.165, 1.54) is 24.9 Å². The highest BCUT2D eigenvalue weighted by Crippen LogP contribution is 2.34. The molecule has 1 saturated carbocycles. The minimum atomic E-state index is -0.326. The Labute approximate surface area is 228 Å². The molecule has 3 heterocycles. The van der Waals surface area contributed by atoms with Gasteiger partial charge in [-0.1, -0.05) is 31.4 Å². The lowest BCUT2D eigenvalue weighted by atomic mass is 9.94. The Morgan fingerprint density at radius 2 is 1.67 bits per heavy atom. The standard InChI is InChI=1S/C30H37N7O2/c1-20-9-10-21(2)27-25(20)19-26(30(38)31-27)28(29-32-33-34-37(29)23-7-5-4-6-8-23)36-17-15-35(16-18-36)22-11-13-24(39-3)14-12-22/h9-14,19,23,28H,4-8,15-18H2,1-3H3,(H,31,38)/t28-/m0/s1. The summed E-state index contributed by atoms with van der Waals surface area (Å²) in [7, 11) is 1.69. The van der Waals surface area contributed by atoms with E-state index in [1.54, 1.807) is 7.11 Å². The lowest BCUT2D eigenvalue weighted by molar-refractivity contribution is 0.192. The van der Waals surface area contributed by atoms with Gasteiger partial charge in [-0.3, -0.25) is 9.69 Å². The summed E-state index contributed by atoms with van der Waals surface area (Å²) in [4.78, 5) is 21.7. The van der Waals surface area contributed by atoms with Gasteiger partial charge in [-0.05, 0) is 78.6 Å². The van der Waals surface area contributed by atoms with Crippen LogP contribution in [0.1, 0.15) is 66.7 Å². The number of aromatic nitrogens is 5. The molecule has 0 spiro atoms. The molecule has 1 aliphatic carbocycles. The third kappa shape index (κ3) is 4.91. The van der Waals surface area contributed by atoms with Crippen molar-refractivity contribution in [1.29, 1.82) is 0 Å². The molecule has 4 aromatic rings. The maximum absolute atomic E-state index is 13.7. The van der Waals surface area contributed by atoms with E-state index in [4.69, 9.17) is 4.74 Å². The molecule has 9 heteroatoms. The predicted octanol–water partition coefficient (Wildman–Crippen LogP) is 4.56. The van der Waals surface area contributed by atoms with E-state index < -0.39 is 0 Å². The molecule has 9 nitrogen and oxygen atoms in total. The van der Waals surface area contributed by atoms with Crippen molar-refractivity contribution in [2.75, 3.05) is 38.2 Å². The van der Waals surface area contributed by atoms with E-state index in [0.29, 0.717) is 5.56 Å². The van der Waals surface area contributed by atoms with Crippen molar-refractivity contribution in [3.8, 4) is 5.75 Å². The SMILES string of the molecule is COc1ccc(N2CCN([C@@H](c3cc4c(C)ccc(C)c4[nH]c3=O)c3nnnn3C3CCCCC3)CC2)cc1. The van der Waals surface area contributed by atoms with Gasteiger partial charge in [0.25, 0.3) is 5.56 Å². The average Bonchev–Trinajstić information content (AvgIpc) is 3.46. The first-order chi connectivity index (χ1) is 19.0. The number of H-pyrrole nitrogens is 1. The Hall–Kier alpha value is -3.72. The largest absolute Gasteiger partial charge is 0.497 e. The molecule has 6 rings (SSSR count). The van der Waals surface area contributed by atoms with Crippen LogP contribution in [-0.2, 0) is 0 Å². The topological polar surface area (TPSA) is 92.2 Å². The van der Waals surface area contributed by atoms with E-state index >= 15 is 0 Å². The normalized spacial score (nSPS) is 18.0. The van der Waals surface area contributed by atoms with Crippen molar-refractivity contribution in [1.82, 2.24) is 30.1 Å². The minimum Gasteiger partial charge on any atom is -0.497 e. The van der Waals surface area contributed by atoms with Gasteiger partial charge in [-0.2, -0.15) is 0 Å². The zero-order chi connectivity index (χ0) is 26.9. The highest BCUT2D eigenvalue weighted by Gasteiger charge is 2.34. The third-order valence-corrected chi connectivity index (χ3v) is 8.57. The number of methoxy groups -OCH3 is 1. The smallest absolute Gasteiger partial charge is 0.253 e. The van der Waals surface area contributed by atoms with Gasteiger partial charge in [-0.25, -0.2) is 4.68 Å². The Bertz CT molecular complexity index is 1500. The number of tetrazole rings is 1.